The van der Waals surface area contributed by atoms with Crippen molar-refractivity contribution >= 4 is 11.6 Å². The lowest BCUT2D eigenvalue weighted by Gasteiger charge is -2.33. The predicted octanol–water partition coefficient (Wildman–Crippen LogP) is 2.44. The molecule has 8 heteroatoms. The molecule has 0 spiro atoms. The number of anilines is 1. The highest BCUT2D eigenvalue weighted by atomic mass is 16.5. The van der Waals surface area contributed by atoms with Gasteiger partial charge in [-0.3, -0.25) is 0 Å². The molecule has 4 heterocycles. The quantitative estimate of drug-likeness (QED) is 0.825. The third-order valence-electron chi connectivity index (χ3n) is 6.90. The van der Waals surface area contributed by atoms with Gasteiger partial charge < -0.3 is 19.9 Å². The van der Waals surface area contributed by atoms with Crippen molar-refractivity contribution in [2.45, 2.75) is 69.9 Å². The summed E-state index contributed by atoms with van der Waals surface area (Å²) in [6.07, 6.45) is 8.59. The van der Waals surface area contributed by atoms with Gasteiger partial charge in [0.2, 0.25) is 5.88 Å². The number of rotatable bonds is 4. The number of hydrogen-bond acceptors (Lipinski definition) is 7. The maximum Gasteiger partial charge on any atom is 0.257 e. The molecule has 164 valence electrons. The Morgan fingerprint density at radius 2 is 1.83 bits per heavy atom. The average molecular weight is 414 g/mol. The Labute approximate surface area is 179 Å². The van der Waals surface area contributed by atoms with E-state index in [1.54, 1.807) is 0 Å². The van der Waals surface area contributed by atoms with E-state index in [1.807, 2.05) is 4.52 Å². The minimum Gasteiger partial charge on any atom is -0.474 e. The molecule has 8 nitrogen and oxygen atoms in total. The van der Waals surface area contributed by atoms with E-state index in [0.717, 1.165) is 57.2 Å². The van der Waals surface area contributed by atoms with Crippen molar-refractivity contribution in [2.75, 3.05) is 44.7 Å². The fourth-order valence-electron chi connectivity index (χ4n) is 5.08. The summed E-state index contributed by atoms with van der Waals surface area (Å²) < 4.78 is 8.33. The third-order valence-corrected chi connectivity index (χ3v) is 6.90. The van der Waals surface area contributed by atoms with Crippen LogP contribution in [0.25, 0.3) is 5.78 Å². The van der Waals surface area contributed by atoms with Crippen LogP contribution in [0.3, 0.4) is 0 Å². The zero-order valence-electron chi connectivity index (χ0n) is 18.4. The zero-order valence-corrected chi connectivity index (χ0v) is 18.4. The van der Waals surface area contributed by atoms with Gasteiger partial charge in [0.05, 0.1) is 0 Å². The van der Waals surface area contributed by atoms with E-state index in [2.05, 4.69) is 35.2 Å². The molecule has 1 unspecified atom stereocenters. The molecule has 1 saturated carbocycles. The van der Waals surface area contributed by atoms with Gasteiger partial charge in [-0.2, -0.15) is 14.5 Å². The third kappa shape index (κ3) is 4.25. The van der Waals surface area contributed by atoms with Crippen molar-refractivity contribution in [1.29, 1.82) is 0 Å². The highest BCUT2D eigenvalue weighted by molar-refractivity contribution is 5.50. The lowest BCUT2D eigenvalue weighted by Crippen LogP contribution is -2.49. The lowest BCUT2D eigenvalue weighted by atomic mass is 9.89. The number of piperidine rings is 1. The van der Waals surface area contributed by atoms with Crippen molar-refractivity contribution in [3.05, 3.63) is 11.9 Å². The maximum atomic E-state index is 6.36. The summed E-state index contributed by atoms with van der Waals surface area (Å²) in [4.78, 5) is 14.4. The van der Waals surface area contributed by atoms with E-state index in [1.165, 1.54) is 32.1 Å². The minimum atomic E-state index is 0.228. The van der Waals surface area contributed by atoms with Crippen LogP contribution in [0, 0.1) is 0 Å². The van der Waals surface area contributed by atoms with Crippen molar-refractivity contribution in [2.24, 2.45) is 0 Å². The first-order valence-electron chi connectivity index (χ1n) is 11.8. The second kappa shape index (κ2) is 8.67. The molecule has 2 aromatic heterocycles. The second-order valence-corrected chi connectivity index (χ2v) is 9.39. The molecule has 0 bridgehead atoms. The summed E-state index contributed by atoms with van der Waals surface area (Å²) in [7, 11) is 2.17. The van der Waals surface area contributed by atoms with Crippen LogP contribution in [0.5, 0.6) is 5.88 Å². The highest BCUT2D eigenvalue weighted by Gasteiger charge is 2.26. The molecule has 1 N–H and O–H groups in total. The van der Waals surface area contributed by atoms with Crippen molar-refractivity contribution in [1.82, 2.24) is 29.8 Å². The summed E-state index contributed by atoms with van der Waals surface area (Å²) in [5, 5.41) is 8.49. The van der Waals surface area contributed by atoms with Crippen molar-refractivity contribution < 1.29 is 4.74 Å². The van der Waals surface area contributed by atoms with Crippen LogP contribution in [-0.4, -0.2) is 76.4 Å². The predicted molar refractivity (Wildman–Crippen MR) is 117 cm³/mol. The number of nitrogens with one attached hydrogen (secondary N) is 1. The molecule has 2 aliphatic heterocycles. The van der Waals surface area contributed by atoms with Gasteiger partial charge in [-0.1, -0.05) is 19.3 Å². The monoisotopic (exact) mass is 413 g/mol. The van der Waals surface area contributed by atoms with E-state index < -0.39 is 0 Å². The molecule has 1 atom stereocenters. The van der Waals surface area contributed by atoms with Gasteiger partial charge in [0.15, 0.2) is 5.82 Å². The van der Waals surface area contributed by atoms with Crippen LogP contribution < -0.4 is 15.0 Å². The van der Waals surface area contributed by atoms with Gasteiger partial charge in [0, 0.05) is 50.7 Å². The molecule has 5 rings (SSSR count). The fraction of sp³-hybridized carbons (Fsp3) is 0.773. The van der Waals surface area contributed by atoms with Gasteiger partial charge in [0.25, 0.3) is 5.78 Å². The van der Waals surface area contributed by atoms with Gasteiger partial charge in [-0.15, -0.1) is 5.10 Å². The van der Waals surface area contributed by atoms with E-state index in [4.69, 9.17) is 19.8 Å². The zero-order chi connectivity index (χ0) is 20.5. The van der Waals surface area contributed by atoms with E-state index in [0.29, 0.717) is 23.6 Å². The van der Waals surface area contributed by atoms with E-state index >= 15 is 0 Å². The first-order valence-corrected chi connectivity index (χ1v) is 11.8. The number of fused-ring (bicyclic) bond motifs is 1. The summed E-state index contributed by atoms with van der Waals surface area (Å²) in [6.45, 7) is 7.26. The standard InChI is InChI=1S/C22H35N7O/c1-16-15-28(13-10-23-16)20-14-19(30-18-8-11-27(2)12-9-18)24-22-25-21(26-29(20)22)17-6-4-3-5-7-17/h14,16-18,23H,3-13,15H2,1-2H3. The molecule has 3 fully saturated rings. The smallest absolute Gasteiger partial charge is 0.257 e. The molecular formula is C22H35N7O. The van der Waals surface area contributed by atoms with Crippen LogP contribution in [0.2, 0.25) is 0 Å². The highest BCUT2D eigenvalue weighted by Crippen LogP contribution is 2.32. The molecule has 2 saturated heterocycles. The number of likely N-dealkylation sites (tertiary alicyclic amines) is 1. The largest absolute Gasteiger partial charge is 0.474 e. The average Bonchev–Trinajstić information content (AvgIpc) is 3.20. The number of hydrogen-bond donors (Lipinski definition) is 1. The van der Waals surface area contributed by atoms with Crippen LogP contribution in [-0.2, 0) is 0 Å². The van der Waals surface area contributed by atoms with Crippen LogP contribution in [0.1, 0.15) is 63.6 Å². The Morgan fingerprint density at radius 3 is 2.60 bits per heavy atom. The van der Waals surface area contributed by atoms with Gasteiger partial charge in [0.1, 0.15) is 11.9 Å². The first kappa shape index (κ1) is 20.0. The maximum absolute atomic E-state index is 6.36. The molecular weight excluding hydrogens is 378 g/mol. The Morgan fingerprint density at radius 1 is 1.03 bits per heavy atom. The van der Waals surface area contributed by atoms with Gasteiger partial charge in [-0.25, -0.2) is 0 Å². The topological polar surface area (TPSA) is 70.8 Å². The molecule has 3 aliphatic rings. The summed E-state index contributed by atoms with van der Waals surface area (Å²) in [5.41, 5.74) is 0. The fourth-order valence-corrected chi connectivity index (χ4v) is 5.08. The molecule has 2 aromatic rings. The van der Waals surface area contributed by atoms with Crippen LogP contribution in [0.15, 0.2) is 6.07 Å². The molecule has 0 aromatic carbocycles. The van der Waals surface area contributed by atoms with Crippen molar-refractivity contribution in [3.63, 3.8) is 0 Å². The number of piperazine rings is 1. The Kier molecular flexibility index (Phi) is 5.78. The Hall–Kier alpha value is -1.93. The van der Waals surface area contributed by atoms with E-state index in [-0.39, 0.29) is 6.10 Å². The summed E-state index contributed by atoms with van der Waals surface area (Å²) in [6, 6.07) is 2.53. The van der Waals surface area contributed by atoms with Crippen LogP contribution >= 0.6 is 0 Å². The molecule has 0 amide bonds. The SMILES string of the molecule is CC1CN(c2cc(OC3CCN(C)CC3)nc3nc(C4CCCCC4)nn23)CCN1. The molecule has 1 aliphatic carbocycles. The first-order chi connectivity index (χ1) is 14.7. The second-order valence-electron chi connectivity index (χ2n) is 9.39. The molecule has 30 heavy (non-hydrogen) atoms. The van der Waals surface area contributed by atoms with Gasteiger partial charge in [-0.05, 0) is 39.7 Å². The lowest BCUT2D eigenvalue weighted by molar-refractivity contribution is 0.110. The van der Waals surface area contributed by atoms with Crippen LogP contribution in [0.4, 0.5) is 5.82 Å². The number of aromatic nitrogens is 4. The Bertz CT molecular complexity index is 855. The van der Waals surface area contributed by atoms with Crippen molar-refractivity contribution in [3.8, 4) is 5.88 Å². The number of nitrogens with zero attached hydrogens (tertiary/aromatic N) is 6. The van der Waals surface area contributed by atoms with Gasteiger partial charge >= 0.3 is 0 Å². The minimum absolute atomic E-state index is 0.228. The van der Waals surface area contributed by atoms with E-state index in [9.17, 15) is 0 Å². The summed E-state index contributed by atoms with van der Waals surface area (Å²) >= 11 is 0. The normalized spacial score (nSPS) is 25.1. The number of ether oxygens (including phenoxy) is 1. The Balaban J connectivity index is 1.47. The molecule has 0 radical (unpaired) electrons. The summed E-state index contributed by atoms with van der Waals surface area (Å²) in [5.74, 6) is 3.87.